The van der Waals surface area contributed by atoms with Gasteiger partial charge in [0.1, 0.15) is 5.75 Å². The molecule has 0 aliphatic rings. The first-order chi connectivity index (χ1) is 11.4. The summed E-state index contributed by atoms with van der Waals surface area (Å²) in [6, 6.07) is 12.5. The summed E-state index contributed by atoms with van der Waals surface area (Å²) < 4.78 is 10.3. The molecule has 5 nitrogen and oxygen atoms in total. The third-order valence-corrected chi connectivity index (χ3v) is 3.62. The van der Waals surface area contributed by atoms with Gasteiger partial charge in [-0.3, -0.25) is 4.79 Å². The normalized spacial score (nSPS) is 11.5. The van der Waals surface area contributed by atoms with Crippen LogP contribution in [-0.4, -0.2) is 25.1 Å². The van der Waals surface area contributed by atoms with Crippen molar-refractivity contribution in [2.24, 2.45) is 0 Å². The van der Waals surface area contributed by atoms with Crippen LogP contribution in [-0.2, 0) is 9.53 Å². The van der Waals surface area contributed by atoms with Crippen molar-refractivity contribution in [3.8, 4) is 5.75 Å². The van der Waals surface area contributed by atoms with E-state index in [0.717, 1.165) is 11.1 Å². The number of anilines is 1. The number of carbonyl (C=O) groups is 2. The molecular weight excluding hydrogens is 306 g/mol. The third-order valence-electron chi connectivity index (χ3n) is 3.62. The maximum absolute atomic E-state index is 12.3. The van der Waals surface area contributed by atoms with Gasteiger partial charge in [0.05, 0.1) is 12.7 Å². The SMILES string of the molecule is COC(=O)c1ccc(C)c(NC(=O)[C@@H](C)Oc2ccc(C)cc2)c1. The van der Waals surface area contributed by atoms with Gasteiger partial charge >= 0.3 is 5.97 Å². The molecule has 5 heteroatoms. The molecule has 2 aromatic rings. The molecule has 126 valence electrons. The Morgan fingerprint density at radius 2 is 1.71 bits per heavy atom. The van der Waals surface area contributed by atoms with Crippen LogP contribution in [0.15, 0.2) is 42.5 Å². The fourth-order valence-corrected chi connectivity index (χ4v) is 2.11. The molecule has 0 saturated heterocycles. The second-order valence-corrected chi connectivity index (χ2v) is 5.58. The van der Waals surface area contributed by atoms with Crippen molar-refractivity contribution in [1.29, 1.82) is 0 Å². The Morgan fingerprint density at radius 3 is 2.33 bits per heavy atom. The summed E-state index contributed by atoms with van der Waals surface area (Å²) in [5.41, 5.74) is 2.90. The predicted octanol–water partition coefficient (Wildman–Crippen LogP) is 3.50. The average molecular weight is 327 g/mol. The van der Waals surface area contributed by atoms with E-state index in [9.17, 15) is 9.59 Å². The second kappa shape index (κ2) is 7.64. The minimum atomic E-state index is -0.672. The summed E-state index contributed by atoms with van der Waals surface area (Å²) in [6.45, 7) is 5.51. The number of ether oxygens (including phenoxy) is 2. The maximum Gasteiger partial charge on any atom is 0.337 e. The number of esters is 1. The van der Waals surface area contributed by atoms with Crippen LogP contribution in [0.2, 0.25) is 0 Å². The quantitative estimate of drug-likeness (QED) is 0.854. The van der Waals surface area contributed by atoms with Crippen LogP contribution in [0, 0.1) is 13.8 Å². The lowest BCUT2D eigenvalue weighted by Gasteiger charge is -2.16. The van der Waals surface area contributed by atoms with Gasteiger partial charge < -0.3 is 14.8 Å². The molecule has 0 aromatic heterocycles. The molecule has 0 aliphatic carbocycles. The van der Waals surface area contributed by atoms with Gasteiger partial charge in [-0.1, -0.05) is 23.8 Å². The van der Waals surface area contributed by atoms with E-state index in [-0.39, 0.29) is 5.91 Å². The Balaban J connectivity index is 2.08. The predicted molar refractivity (Wildman–Crippen MR) is 92.4 cm³/mol. The first-order valence-electron chi connectivity index (χ1n) is 7.64. The summed E-state index contributed by atoms with van der Waals surface area (Å²) in [4.78, 5) is 23.9. The van der Waals surface area contributed by atoms with Crippen LogP contribution in [0.3, 0.4) is 0 Å². The first-order valence-corrected chi connectivity index (χ1v) is 7.64. The van der Waals surface area contributed by atoms with Gasteiger partial charge in [0.25, 0.3) is 5.91 Å². The third kappa shape index (κ3) is 4.35. The van der Waals surface area contributed by atoms with Crippen molar-refractivity contribution in [3.05, 3.63) is 59.2 Å². The van der Waals surface area contributed by atoms with Crippen molar-refractivity contribution in [3.63, 3.8) is 0 Å². The Bertz CT molecular complexity index is 738. The number of nitrogens with one attached hydrogen (secondary N) is 1. The van der Waals surface area contributed by atoms with Crippen LogP contribution in [0.4, 0.5) is 5.69 Å². The largest absolute Gasteiger partial charge is 0.481 e. The summed E-state index contributed by atoms with van der Waals surface area (Å²) in [5.74, 6) is -0.113. The van der Waals surface area contributed by atoms with E-state index in [1.165, 1.54) is 7.11 Å². The minimum absolute atomic E-state index is 0.291. The highest BCUT2D eigenvalue weighted by molar-refractivity contribution is 5.97. The molecular formula is C19H21NO4. The Morgan fingerprint density at radius 1 is 1.04 bits per heavy atom. The lowest BCUT2D eigenvalue weighted by atomic mass is 10.1. The smallest absolute Gasteiger partial charge is 0.337 e. The first kappa shape index (κ1) is 17.5. The fourth-order valence-electron chi connectivity index (χ4n) is 2.11. The number of hydrogen-bond acceptors (Lipinski definition) is 4. The Hall–Kier alpha value is -2.82. The highest BCUT2D eigenvalue weighted by Gasteiger charge is 2.17. The monoisotopic (exact) mass is 327 g/mol. The molecule has 0 spiro atoms. The minimum Gasteiger partial charge on any atom is -0.481 e. The number of amides is 1. The van der Waals surface area contributed by atoms with E-state index < -0.39 is 12.1 Å². The summed E-state index contributed by atoms with van der Waals surface area (Å²) in [7, 11) is 1.32. The molecule has 0 saturated carbocycles. The highest BCUT2D eigenvalue weighted by atomic mass is 16.5. The molecule has 0 bridgehead atoms. The molecule has 0 aliphatic heterocycles. The van der Waals surface area contributed by atoms with Crippen molar-refractivity contribution in [2.45, 2.75) is 26.9 Å². The summed E-state index contributed by atoms with van der Waals surface area (Å²) in [6.07, 6.45) is -0.672. The number of aryl methyl sites for hydroxylation is 2. The topological polar surface area (TPSA) is 64.6 Å². The van der Waals surface area contributed by atoms with E-state index in [4.69, 9.17) is 9.47 Å². The van der Waals surface area contributed by atoms with Gasteiger partial charge in [0.2, 0.25) is 0 Å². The second-order valence-electron chi connectivity index (χ2n) is 5.58. The van der Waals surface area contributed by atoms with Crippen molar-refractivity contribution in [1.82, 2.24) is 0 Å². The van der Waals surface area contributed by atoms with Crippen LogP contribution in [0.5, 0.6) is 5.75 Å². The van der Waals surface area contributed by atoms with Crippen LogP contribution < -0.4 is 10.1 Å². The molecule has 1 amide bonds. The summed E-state index contributed by atoms with van der Waals surface area (Å²) >= 11 is 0. The van der Waals surface area contributed by atoms with Crippen LogP contribution in [0.25, 0.3) is 0 Å². The molecule has 0 radical (unpaired) electrons. The van der Waals surface area contributed by atoms with E-state index in [1.807, 2.05) is 38.1 Å². The van der Waals surface area contributed by atoms with Gasteiger partial charge in [0.15, 0.2) is 6.10 Å². The van der Waals surface area contributed by atoms with Gasteiger partial charge in [0, 0.05) is 5.69 Å². The zero-order chi connectivity index (χ0) is 17.7. The lowest BCUT2D eigenvalue weighted by Crippen LogP contribution is -2.30. The van der Waals surface area contributed by atoms with E-state index in [2.05, 4.69) is 5.32 Å². The molecule has 24 heavy (non-hydrogen) atoms. The highest BCUT2D eigenvalue weighted by Crippen LogP contribution is 2.19. The Labute approximate surface area is 141 Å². The molecule has 0 fully saturated rings. The number of hydrogen-bond donors (Lipinski definition) is 1. The molecule has 2 rings (SSSR count). The van der Waals surface area contributed by atoms with Gasteiger partial charge in [-0.25, -0.2) is 4.79 Å². The fraction of sp³-hybridized carbons (Fsp3) is 0.263. The molecule has 1 atom stereocenters. The van der Waals surface area contributed by atoms with E-state index in [0.29, 0.717) is 17.0 Å². The van der Waals surface area contributed by atoms with Crippen molar-refractivity contribution >= 4 is 17.6 Å². The van der Waals surface area contributed by atoms with Gasteiger partial charge in [-0.05, 0) is 50.6 Å². The van der Waals surface area contributed by atoms with Crippen molar-refractivity contribution in [2.75, 3.05) is 12.4 Å². The lowest BCUT2D eigenvalue weighted by molar-refractivity contribution is -0.122. The Kier molecular flexibility index (Phi) is 5.58. The zero-order valence-corrected chi connectivity index (χ0v) is 14.3. The number of methoxy groups -OCH3 is 1. The number of benzene rings is 2. The average Bonchev–Trinajstić information content (AvgIpc) is 2.58. The zero-order valence-electron chi connectivity index (χ0n) is 14.3. The number of rotatable bonds is 5. The molecule has 0 heterocycles. The molecule has 1 N–H and O–H groups in total. The number of carbonyl (C=O) groups excluding carboxylic acids is 2. The standard InChI is InChI=1S/C19H21NO4/c1-12-5-9-16(10-6-12)24-14(3)18(21)20-17-11-15(19(22)23-4)8-7-13(17)2/h5-11,14H,1-4H3,(H,20,21)/t14-/m1/s1. The van der Waals surface area contributed by atoms with Crippen LogP contribution >= 0.6 is 0 Å². The van der Waals surface area contributed by atoms with E-state index in [1.54, 1.807) is 25.1 Å². The van der Waals surface area contributed by atoms with E-state index >= 15 is 0 Å². The molecule has 0 unspecified atom stereocenters. The van der Waals surface area contributed by atoms with Gasteiger partial charge in [-0.2, -0.15) is 0 Å². The summed E-state index contributed by atoms with van der Waals surface area (Å²) in [5, 5.41) is 2.79. The van der Waals surface area contributed by atoms with Gasteiger partial charge in [-0.15, -0.1) is 0 Å². The maximum atomic E-state index is 12.3. The van der Waals surface area contributed by atoms with Crippen molar-refractivity contribution < 1.29 is 19.1 Å². The van der Waals surface area contributed by atoms with Crippen LogP contribution in [0.1, 0.15) is 28.4 Å². The molecule has 2 aromatic carbocycles.